The van der Waals surface area contributed by atoms with E-state index in [4.69, 9.17) is 0 Å². The zero-order chi connectivity index (χ0) is 24.0. The molecule has 0 aliphatic heterocycles. The van der Waals surface area contributed by atoms with Crippen LogP contribution in [0, 0.1) is 20.8 Å². The fourth-order valence-electron chi connectivity index (χ4n) is 4.39. The van der Waals surface area contributed by atoms with Crippen LogP contribution in [0.3, 0.4) is 0 Å². The lowest BCUT2D eigenvalue weighted by molar-refractivity contribution is -0.659. The number of pyridine rings is 1. The third-order valence-electron chi connectivity index (χ3n) is 6.22. The third kappa shape index (κ3) is 2.53. The van der Waals surface area contributed by atoms with Crippen molar-refractivity contribution < 1.29 is 39.7 Å². The van der Waals surface area contributed by atoms with Crippen molar-refractivity contribution in [2.75, 3.05) is 0 Å². The molecule has 0 saturated carbocycles. The summed E-state index contributed by atoms with van der Waals surface area (Å²) in [5, 5.41) is -0.660. The minimum absolute atomic E-state index is 0.0293. The Hall–Kier alpha value is -2.71. The van der Waals surface area contributed by atoms with Crippen LogP contribution in [-0.2, 0) is 18.9 Å². The molecular formula is C23H18F8N+. The van der Waals surface area contributed by atoms with Crippen molar-refractivity contribution in [1.82, 2.24) is 0 Å². The molecule has 1 heterocycles. The Morgan fingerprint density at radius 1 is 0.719 bits per heavy atom. The number of hydrogen-bond donors (Lipinski definition) is 0. The van der Waals surface area contributed by atoms with Gasteiger partial charge < -0.3 is 0 Å². The van der Waals surface area contributed by atoms with Crippen molar-refractivity contribution in [3.05, 3.63) is 64.3 Å². The van der Waals surface area contributed by atoms with Crippen molar-refractivity contribution in [1.29, 1.82) is 0 Å². The van der Waals surface area contributed by atoms with E-state index in [1.807, 2.05) is 13.0 Å². The van der Waals surface area contributed by atoms with Gasteiger partial charge in [-0.05, 0) is 44.0 Å². The molecule has 2 aromatic carbocycles. The molecule has 0 radical (unpaired) electrons. The molecule has 0 N–H and O–H groups in total. The second-order valence-corrected chi connectivity index (χ2v) is 8.28. The molecule has 0 saturated heterocycles. The van der Waals surface area contributed by atoms with Gasteiger partial charge >= 0.3 is 23.7 Å². The summed E-state index contributed by atoms with van der Waals surface area (Å²) in [7, 11) is 1.58. The maximum Gasteiger partial charge on any atom is 0.382 e. The molecule has 0 atom stereocenters. The lowest BCUT2D eigenvalue weighted by Gasteiger charge is -2.43. The summed E-state index contributed by atoms with van der Waals surface area (Å²) in [6, 6.07) is 6.02. The van der Waals surface area contributed by atoms with Gasteiger partial charge in [-0.2, -0.15) is 35.1 Å². The van der Waals surface area contributed by atoms with Crippen LogP contribution >= 0.6 is 0 Å². The topological polar surface area (TPSA) is 3.88 Å². The van der Waals surface area contributed by atoms with Crippen LogP contribution in [0.4, 0.5) is 35.1 Å². The van der Waals surface area contributed by atoms with Gasteiger partial charge in [0.25, 0.3) is 0 Å². The van der Waals surface area contributed by atoms with Gasteiger partial charge in [-0.25, -0.2) is 4.57 Å². The summed E-state index contributed by atoms with van der Waals surface area (Å²) in [4.78, 5) is 0. The molecule has 0 fully saturated rings. The number of aromatic nitrogens is 1. The molecule has 0 spiro atoms. The molecule has 170 valence electrons. The minimum atomic E-state index is -6.29. The van der Waals surface area contributed by atoms with Crippen molar-refractivity contribution >= 4 is 10.8 Å². The van der Waals surface area contributed by atoms with Crippen LogP contribution in [0.1, 0.15) is 27.8 Å². The standard InChI is InChI=1S/C23H18F8N/c1-11-9-12(2)13(3)16(10-11)19-15-5-6-17-18(14(15)7-8-32(19)4)21(26,27)23(30,31)22(28,29)20(17,24)25/h5-10H,1-4H3/q+1. The van der Waals surface area contributed by atoms with Crippen LogP contribution in [0.25, 0.3) is 22.0 Å². The second kappa shape index (κ2) is 6.42. The van der Waals surface area contributed by atoms with Gasteiger partial charge in [-0.15, -0.1) is 0 Å². The van der Waals surface area contributed by atoms with Gasteiger partial charge in [-0.1, -0.05) is 17.7 Å². The lowest BCUT2D eigenvalue weighted by atomic mass is 9.77. The number of nitrogens with zero attached hydrogens (tertiary/aromatic N) is 1. The molecule has 32 heavy (non-hydrogen) atoms. The third-order valence-corrected chi connectivity index (χ3v) is 6.22. The smallest absolute Gasteiger partial charge is 0.200 e. The predicted molar refractivity (Wildman–Crippen MR) is 102 cm³/mol. The highest BCUT2D eigenvalue weighted by Gasteiger charge is 2.85. The molecule has 0 unspecified atom stereocenters. The van der Waals surface area contributed by atoms with Crippen molar-refractivity contribution in [2.24, 2.45) is 7.05 Å². The van der Waals surface area contributed by atoms with E-state index in [2.05, 4.69) is 0 Å². The average molecular weight is 460 g/mol. The Balaban J connectivity index is 2.19. The van der Waals surface area contributed by atoms with Crippen molar-refractivity contribution in [3.8, 4) is 11.3 Å². The molecule has 9 heteroatoms. The zero-order valence-corrected chi connectivity index (χ0v) is 17.4. The van der Waals surface area contributed by atoms with Crippen LogP contribution in [0.15, 0.2) is 36.5 Å². The molecule has 3 aromatic rings. The van der Waals surface area contributed by atoms with Gasteiger partial charge in [0.15, 0.2) is 6.20 Å². The molecular weight excluding hydrogens is 442 g/mol. The van der Waals surface area contributed by atoms with Crippen LogP contribution in [-0.4, -0.2) is 11.8 Å². The van der Waals surface area contributed by atoms with E-state index in [0.717, 1.165) is 28.8 Å². The predicted octanol–water partition coefficient (Wildman–Crippen LogP) is 6.72. The maximum atomic E-state index is 14.8. The Bertz CT molecular complexity index is 1280. The van der Waals surface area contributed by atoms with Gasteiger partial charge in [-0.3, -0.25) is 0 Å². The summed E-state index contributed by atoms with van der Waals surface area (Å²) < 4.78 is 116. The first-order chi connectivity index (χ1) is 14.6. The summed E-state index contributed by atoms with van der Waals surface area (Å²) in [6.45, 7) is 5.41. The Kier molecular flexibility index (Phi) is 4.51. The molecule has 1 aliphatic rings. The van der Waals surface area contributed by atoms with E-state index in [1.165, 1.54) is 6.20 Å². The molecule has 0 amide bonds. The monoisotopic (exact) mass is 460 g/mol. The molecule has 4 rings (SSSR count). The first-order valence-electron chi connectivity index (χ1n) is 9.63. The largest absolute Gasteiger partial charge is 0.382 e. The van der Waals surface area contributed by atoms with E-state index < -0.39 is 40.2 Å². The first-order valence-corrected chi connectivity index (χ1v) is 9.63. The number of fused-ring (bicyclic) bond motifs is 3. The van der Waals surface area contributed by atoms with E-state index in [1.54, 1.807) is 31.5 Å². The summed E-state index contributed by atoms with van der Waals surface area (Å²) >= 11 is 0. The van der Waals surface area contributed by atoms with Crippen LogP contribution in [0.5, 0.6) is 0 Å². The number of benzene rings is 2. The molecule has 0 bridgehead atoms. The van der Waals surface area contributed by atoms with Gasteiger partial charge in [0, 0.05) is 22.6 Å². The van der Waals surface area contributed by atoms with Crippen LogP contribution in [0.2, 0.25) is 0 Å². The number of aryl methyl sites for hydroxylation is 3. The van der Waals surface area contributed by atoms with E-state index in [-0.39, 0.29) is 5.39 Å². The Labute approximate surface area is 178 Å². The summed E-state index contributed by atoms with van der Waals surface area (Å²) in [5.41, 5.74) is -0.208. The zero-order valence-electron chi connectivity index (χ0n) is 17.4. The average Bonchev–Trinajstić information content (AvgIpc) is 2.68. The minimum Gasteiger partial charge on any atom is -0.200 e. The van der Waals surface area contributed by atoms with E-state index >= 15 is 0 Å². The van der Waals surface area contributed by atoms with Gasteiger partial charge in [0.2, 0.25) is 5.69 Å². The fraction of sp³-hybridized carbons (Fsp3) is 0.348. The lowest BCUT2D eigenvalue weighted by Crippen LogP contribution is -2.63. The summed E-state index contributed by atoms with van der Waals surface area (Å²) in [5.74, 6) is -23.6. The normalized spacial score (nSPS) is 20.2. The summed E-state index contributed by atoms with van der Waals surface area (Å²) in [6.07, 6.45) is 1.26. The van der Waals surface area contributed by atoms with Crippen molar-refractivity contribution in [2.45, 2.75) is 44.5 Å². The first kappa shape index (κ1) is 22.5. The van der Waals surface area contributed by atoms with Gasteiger partial charge in [0.05, 0.1) is 10.9 Å². The number of rotatable bonds is 1. The molecule has 1 aromatic heterocycles. The quantitative estimate of drug-likeness (QED) is 0.280. The van der Waals surface area contributed by atoms with E-state index in [0.29, 0.717) is 17.3 Å². The Morgan fingerprint density at radius 3 is 1.94 bits per heavy atom. The Morgan fingerprint density at radius 2 is 1.31 bits per heavy atom. The number of halogens is 8. The van der Waals surface area contributed by atoms with Gasteiger partial charge in [0.1, 0.15) is 7.05 Å². The highest BCUT2D eigenvalue weighted by molar-refractivity contribution is 5.97. The number of hydrogen-bond acceptors (Lipinski definition) is 0. The van der Waals surface area contributed by atoms with Crippen molar-refractivity contribution in [3.63, 3.8) is 0 Å². The van der Waals surface area contributed by atoms with Crippen LogP contribution < -0.4 is 4.57 Å². The highest BCUT2D eigenvalue weighted by Crippen LogP contribution is 2.65. The maximum absolute atomic E-state index is 14.8. The fourth-order valence-corrected chi connectivity index (χ4v) is 4.39. The highest BCUT2D eigenvalue weighted by atomic mass is 19.4. The molecule has 1 aliphatic carbocycles. The second-order valence-electron chi connectivity index (χ2n) is 8.28. The molecule has 1 nitrogen and oxygen atoms in total. The SMILES string of the molecule is Cc1cc(C)c(C)c(-c2c3ccc4c(c3cc[n+]2C)C(F)(F)C(F)(F)C(F)(F)C4(F)F)c1. The number of alkyl halides is 8. The van der Waals surface area contributed by atoms with E-state index in [9.17, 15) is 35.1 Å².